The van der Waals surface area contributed by atoms with E-state index in [0.717, 1.165) is 28.5 Å². The molecule has 3 aromatic rings. The quantitative estimate of drug-likeness (QED) is 0.358. The van der Waals surface area contributed by atoms with Gasteiger partial charge in [-0.25, -0.2) is 4.79 Å². The van der Waals surface area contributed by atoms with Crippen LogP contribution < -0.4 is 10.6 Å². The lowest BCUT2D eigenvalue weighted by atomic mass is 10.1. The Morgan fingerprint density at radius 3 is 2.44 bits per heavy atom. The molecule has 0 aliphatic heterocycles. The number of ether oxygens (including phenoxy) is 1. The van der Waals surface area contributed by atoms with Gasteiger partial charge in [-0.05, 0) is 45.2 Å². The SMILES string of the molecule is CC(C)(C)OC(=O)Nc1[nH]c2ccccc2c1CCC(=O)N[C@H](CS)Cc1ccccc1. The van der Waals surface area contributed by atoms with Gasteiger partial charge in [0.25, 0.3) is 0 Å². The minimum Gasteiger partial charge on any atom is -0.444 e. The normalized spacial score (nSPS) is 12.4. The first-order valence-corrected chi connectivity index (χ1v) is 11.4. The summed E-state index contributed by atoms with van der Waals surface area (Å²) in [5.41, 5.74) is 2.34. The number of hydrogen-bond donors (Lipinski definition) is 4. The van der Waals surface area contributed by atoms with E-state index in [-0.39, 0.29) is 11.9 Å². The minimum atomic E-state index is -0.600. The van der Waals surface area contributed by atoms with Crippen molar-refractivity contribution in [3.8, 4) is 0 Å². The average molecular weight is 454 g/mol. The molecule has 2 amide bonds. The van der Waals surface area contributed by atoms with Crippen LogP contribution in [0.1, 0.15) is 38.3 Å². The van der Waals surface area contributed by atoms with Crippen molar-refractivity contribution >= 4 is 41.3 Å². The molecule has 3 N–H and O–H groups in total. The van der Waals surface area contributed by atoms with Gasteiger partial charge in [0, 0.05) is 34.7 Å². The largest absolute Gasteiger partial charge is 0.444 e. The number of benzene rings is 2. The molecule has 1 atom stereocenters. The number of rotatable bonds is 8. The molecule has 0 radical (unpaired) electrons. The predicted molar refractivity (Wildman–Crippen MR) is 132 cm³/mol. The van der Waals surface area contributed by atoms with E-state index in [2.05, 4.69) is 28.2 Å². The molecule has 0 aliphatic carbocycles. The highest BCUT2D eigenvalue weighted by molar-refractivity contribution is 7.80. The smallest absolute Gasteiger partial charge is 0.413 e. The first kappa shape index (κ1) is 23.7. The Hall–Kier alpha value is -2.93. The lowest BCUT2D eigenvalue weighted by Crippen LogP contribution is -2.38. The second-order valence-corrected chi connectivity index (χ2v) is 9.15. The molecule has 32 heavy (non-hydrogen) atoms. The van der Waals surface area contributed by atoms with Crippen molar-refractivity contribution in [2.75, 3.05) is 11.1 Å². The number of aromatic nitrogens is 1. The van der Waals surface area contributed by atoms with Gasteiger partial charge in [-0.1, -0.05) is 48.5 Å². The minimum absolute atomic E-state index is 0.0458. The molecule has 3 rings (SSSR count). The fourth-order valence-electron chi connectivity index (χ4n) is 3.57. The van der Waals surface area contributed by atoms with Gasteiger partial charge < -0.3 is 15.0 Å². The zero-order valence-corrected chi connectivity index (χ0v) is 19.7. The van der Waals surface area contributed by atoms with Crippen LogP contribution in [0.5, 0.6) is 0 Å². The Balaban J connectivity index is 1.67. The summed E-state index contributed by atoms with van der Waals surface area (Å²) in [5, 5.41) is 6.86. The molecule has 0 bridgehead atoms. The van der Waals surface area contributed by atoms with Gasteiger partial charge in [-0.15, -0.1) is 0 Å². The monoisotopic (exact) mass is 453 g/mol. The van der Waals surface area contributed by atoms with Gasteiger partial charge in [0.1, 0.15) is 11.4 Å². The van der Waals surface area contributed by atoms with Gasteiger partial charge in [-0.3, -0.25) is 10.1 Å². The fraction of sp³-hybridized carbons (Fsp3) is 0.360. The molecule has 0 saturated carbocycles. The molecule has 0 fully saturated rings. The van der Waals surface area contributed by atoms with Crippen LogP contribution in [0, 0.1) is 0 Å². The van der Waals surface area contributed by atoms with Crippen molar-refractivity contribution < 1.29 is 14.3 Å². The number of carbonyl (C=O) groups excluding carboxylic acids is 2. The molecule has 2 aromatic carbocycles. The summed E-state index contributed by atoms with van der Waals surface area (Å²) in [4.78, 5) is 28.2. The second kappa shape index (κ2) is 10.6. The highest BCUT2D eigenvalue weighted by Crippen LogP contribution is 2.28. The summed E-state index contributed by atoms with van der Waals surface area (Å²) in [6.07, 6.45) is 0.970. The maximum absolute atomic E-state index is 12.7. The zero-order chi connectivity index (χ0) is 23.1. The van der Waals surface area contributed by atoms with Crippen LogP contribution in [-0.4, -0.2) is 34.4 Å². The lowest BCUT2D eigenvalue weighted by Gasteiger charge is -2.20. The Kier molecular flexibility index (Phi) is 7.85. The lowest BCUT2D eigenvalue weighted by molar-refractivity contribution is -0.121. The van der Waals surface area contributed by atoms with Gasteiger partial charge in [0.15, 0.2) is 0 Å². The van der Waals surface area contributed by atoms with E-state index in [0.29, 0.717) is 24.4 Å². The molecule has 1 aromatic heterocycles. The Morgan fingerprint density at radius 1 is 1.06 bits per heavy atom. The number of H-pyrrole nitrogens is 1. The Labute approximate surface area is 194 Å². The van der Waals surface area contributed by atoms with E-state index in [1.807, 2.05) is 75.4 Å². The van der Waals surface area contributed by atoms with Crippen LogP contribution in [0.4, 0.5) is 10.6 Å². The van der Waals surface area contributed by atoms with Gasteiger partial charge in [0.05, 0.1) is 0 Å². The summed E-state index contributed by atoms with van der Waals surface area (Å²) < 4.78 is 5.38. The number of aryl methyl sites for hydroxylation is 1. The van der Waals surface area contributed by atoms with Crippen molar-refractivity contribution in [1.82, 2.24) is 10.3 Å². The van der Waals surface area contributed by atoms with Gasteiger partial charge >= 0.3 is 6.09 Å². The molecular formula is C25H31N3O3S. The number of nitrogens with one attached hydrogen (secondary N) is 3. The number of hydrogen-bond acceptors (Lipinski definition) is 4. The van der Waals surface area contributed by atoms with Crippen molar-refractivity contribution in [3.63, 3.8) is 0 Å². The first-order chi connectivity index (χ1) is 15.2. The van der Waals surface area contributed by atoms with E-state index >= 15 is 0 Å². The van der Waals surface area contributed by atoms with Gasteiger partial charge in [-0.2, -0.15) is 12.6 Å². The highest BCUT2D eigenvalue weighted by atomic mass is 32.1. The molecule has 1 heterocycles. The molecule has 0 aliphatic rings. The molecule has 0 unspecified atom stereocenters. The first-order valence-electron chi connectivity index (χ1n) is 10.8. The number of anilines is 1. The van der Waals surface area contributed by atoms with E-state index < -0.39 is 11.7 Å². The third-order valence-corrected chi connectivity index (χ3v) is 5.39. The third kappa shape index (κ3) is 6.79. The number of aromatic amines is 1. The third-order valence-electron chi connectivity index (χ3n) is 4.95. The zero-order valence-electron chi connectivity index (χ0n) is 18.8. The van der Waals surface area contributed by atoms with E-state index in [4.69, 9.17) is 4.74 Å². The fourth-order valence-corrected chi connectivity index (χ4v) is 3.79. The Morgan fingerprint density at radius 2 is 1.75 bits per heavy atom. The summed E-state index contributed by atoms with van der Waals surface area (Å²) in [6.45, 7) is 5.45. The molecule has 170 valence electrons. The maximum atomic E-state index is 12.7. The summed E-state index contributed by atoms with van der Waals surface area (Å²) >= 11 is 4.40. The highest BCUT2D eigenvalue weighted by Gasteiger charge is 2.20. The van der Waals surface area contributed by atoms with E-state index in [1.54, 1.807) is 0 Å². The molecule has 7 heteroatoms. The van der Waals surface area contributed by atoms with Crippen molar-refractivity contribution in [2.45, 2.75) is 51.7 Å². The van der Waals surface area contributed by atoms with Gasteiger partial charge in [0.2, 0.25) is 5.91 Å². The van der Waals surface area contributed by atoms with Crippen LogP contribution in [0.3, 0.4) is 0 Å². The van der Waals surface area contributed by atoms with Crippen LogP contribution in [0.15, 0.2) is 54.6 Å². The molecule has 0 saturated heterocycles. The number of amides is 2. The summed E-state index contributed by atoms with van der Waals surface area (Å²) in [6, 6.07) is 17.8. The molecular weight excluding hydrogens is 422 g/mol. The second-order valence-electron chi connectivity index (χ2n) is 8.79. The van der Waals surface area contributed by atoms with Crippen molar-refractivity contribution in [1.29, 1.82) is 0 Å². The predicted octanol–water partition coefficient (Wildman–Crippen LogP) is 5.10. The van der Waals surface area contributed by atoms with Crippen LogP contribution in [0.2, 0.25) is 0 Å². The van der Waals surface area contributed by atoms with E-state index in [1.165, 1.54) is 0 Å². The Bertz CT molecular complexity index is 1060. The molecule has 6 nitrogen and oxygen atoms in total. The number of fused-ring (bicyclic) bond motifs is 1. The summed E-state index contributed by atoms with van der Waals surface area (Å²) in [5.74, 6) is 1.07. The van der Waals surface area contributed by atoms with Crippen molar-refractivity contribution in [3.05, 3.63) is 65.7 Å². The van der Waals surface area contributed by atoms with Crippen LogP contribution >= 0.6 is 12.6 Å². The van der Waals surface area contributed by atoms with Crippen LogP contribution in [-0.2, 0) is 22.4 Å². The average Bonchev–Trinajstić information content (AvgIpc) is 3.07. The standard InChI is InChI=1S/C25H31N3O3S/c1-25(2,3)31-24(30)28-23-20(19-11-7-8-12-21(19)27-23)13-14-22(29)26-18(16-32)15-17-9-5-4-6-10-17/h4-12,18,27,32H,13-16H2,1-3H3,(H,26,29)(H,28,30)/t18-/m0/s1. The number of para-hydroxylation sites is 1. The van der Waals surface area contributed by atoms with Crippen LogP contribution in [0.25, 0.3) is 10.9 Å². The maximum Gasteiger partial charge on any atom is 0.413 e. The van der Waals surface area contributed by atoms with Crippen molar-refractivity contribution in [2.24, 2.45) is 0 Å². The number of carbonyl (C=O) groups is 2. The topological polar surface area (TPSA) is 83.2 Å². The summed E-state index contributed by atoms with van der Waals surface area (Å²) in [7, 11) is 0. The number of thiol groups is 1. The van der Waals surface area contributed by atoms with E-state index in [9.17, 15) is 9.59 Å². The molecule has 0 spiro atoms.